The van der Waals surface area contributed by atoms with Gasteiger partial charge in [0.15, 0.2) is 0 Å². The molecule has 88 valence electrons. The van der Waals surface area contributed by atoms with Gasteiger partial charge in [-0.1, -0.05) is 17.3 Å². The van der Waals surface area contributed by atoms with Crippen molar-refractivity contribution in [3.05, 3.63) is 34.6 Å². The number of benzene rings is 1. The van der Waals surface area contributed by atoms with Gasteiger partial charge in [-0.2, -0.15) is 0 Å². The van der Waals surface area contributed by atoms with Crippen LogP contribution in [0.15, 0.2) is 29.1 Å². The lowest BCUT2D eigenvalue weighted by Crippen LogP contribution is -2.38. The van der Waals surface area contributed by atoms with Crippen LogP contribution in [0, 0.1) is 0 Å². The lowest BCUT2D eigenvalue weighted by atomic mass is 10.1. The maximum atomic E-state index is 12.3. The summed E-state index contributed by atoms with van der Waals surface area (Å²) in [4.78, 5) is 12.3. The summed E-state index contributed by atoms with van der Waals surface area (Å²) in [5, 5.41) is 12.1. The van der Waals surface area contributed by atoms with Gasteiger partial charge in [0.25, 0.3) is 5.56 Å². The molecule has 0 radical (unpaired) electrons. The van der Waals surface area contributed by atoms with Crippen LogP contribution in [-0.4, -0.2) is 28.1 Å². The number of nitrogens with zero attached hydrogens (tertiary/aromatic N) is 3. The molecule has 1 saturated heterocycles. The summed E-state index contributed by atoms with van der Waals surface area (Å²) in [7, 11) is 0. The standard InChI is InChI=1S/C12H14N4O/c17-12-10-5-1-2-6-11(10)14-15-16(12)9-4-3-7-13-8-9/h1-2,5-6,9,13H,3-4,7-8H2/t9-/m1/s1. The summed E-state index contributed by atoms with van der Waals surface area (Å²) in [6, 6.07) is 7.47. The number of hydrogen-bond donors (Lipinski definition) is 1. The van der Waals surface area contributed by atoms with Gasteiger partial charge in [0.1, 0.15) is 5.52 Å². The Bertz CT molecular complexity index is 586. The Balaban J connectivity index is 2.11. The number of rotatable bonds is 1. The van der Waals surface area contributed by atoms with E-state index in [-0.39, 0.29) is 11.6 Å². The maximum absolute atomic E-state index is 12.3. The lowest BCUT2D eigenvalue weighted by molar-refractivity contribution is 0.328. The van der Waals surface area contributed by atoms with Crippen molar-refractivity contribution in [3.8, 4) is 0 Å². The molecular formula is C12H14N4O. The molecule has 1 aromatic carbocycles. The summed E-state index contributed by atoms with van der Waals surface area (Å²) in [5.41, 5.74) is 0.627. The SMILES string of the molecule is O=c1c2ccccc2nnn1[C@@H]1CCCNC1. The summed E-state index contributed by atoms with van der Waals surface area (Å²) < 4.78 is 1.52. The molecule has 2 heterocycles. The molecule has 0 aliphatic carbocycles. The third kappa shape index (κ3) is 1.82. The van der Waals surface area contributed by atoms with E-state index in [4.69, 9.17) is 0 Å². The number of hydrogen-bond acceptors (Lipinski definition) is 4. The minimum atomic E-state index is -0.0377. The quantitative estimate of drug-likeness (QED) is 0.784. The van der Waals surface area contributed by atoms with Crippen molar-refractivity contribution in [2.75, 3.05) is 13.1 Å². The molecule has 0 bridgehead atoms. The first-order valence-corrected chi connectivity index (χ1v) is 5.91. The summed E-state index contributed by atoms with van der Waals surface area (Å²) in [6.45, 7) is 1.82. The Kier molecular flexibility index (Phi) is 2.60. The van der Waals surface area contributed by atoms with Crippen LogP contribution in [-0.2, 0) is 0 Å². The Morgan fingerprint density at radius 3 is 3.06 bits per heavy atom. The van der Waals surface area contributed by atoms with E-state index in [1.165, 1.54) is 4.68 Å². The normalized spacial score (nSPS) is 20.6. The van der Waals surface area contributed by atoms with Crippen LogP contribution in [0.4, 0.5) is 0 Å². The molecule has 3 rings (SSSR count). The van der Waals surface area contributed by atoms with E-state index in [9.17, 15) is 4.79 Å². The van der Waals surface area contributed by atoms with Gasteiger partial charge >= 0.3 is 0 Å². The second-order valence-electron chi connectivity index (χ2n) is 4.36. The molecule has 1 atom stereocenters. The first-order chi connectivity index (χ1) is 8.36. The molecule has 1 aromatic heterocycles. The molecule has 1 N–H and O–H groups in total. The zero-order chi connectivity index (χ0) is 11.7. The van der Waals surface area contributed by atoms with Gasteiger partial charge in [-0.3, -0.25) is 4.79 Å². The van der Waals surface area contributed by atoms with Gasteiger partial charge in [0.05, 0.1) is 11.4 Å². The number of piperidine rings is 1. The second-order valence-corrected chi connectivity index (χ2v) is 4.36. The van der Waals surface area contributed by atoms with Crippen LogP contribution in [0.3, 0.4) is 0 Å². The molecule has 1 aliphatic heterocycles. The van der Waals surface area contributed by atoms with Gasteiger partial charge in [-0.15, -0.1) is 5.10 Å². The second kappa shape index (κ2) is 4.25. The molecule has 0 amide bonds. The zero-order valence-corrected chi connectivity index (χ0v) is 9.47. The van der Waals surface area contributed by atoms with Gasteiger partial charge in [0.2, 0.25) is 0 Å². The highest BCUT2D eigenvalue weighted by atomic mass is 16.1. The predicted octanol–water partition coefficient (Wildman–Crippen LogP) is 0.716. The molecule has 2 aromatic rings. The average Bonchev–Trinajstić information content (AvgIpc) is 2.40. The molecule has 1 fully saturated rings. The monoisotopic (exact) mass is 230 g/mol. The maximum Gasteiger partial charge on any atom is 0.277 e. The Hall–Kier alpha value is -1.75. The van der Waals surface area contributed by atoms with E-state index < -0.39 is 0 Å². The summed E-state index contributed by atoms with van der Waals surface area (Å²) in [6.07, 6.45) is 2.06. The van der Waals surface area contributed by atoms with Crippen LogP contribution in [0.2, 0.25) is 0 Å². The first-order valence-electron chi connectivity index (χ1n) is 5.91. The molecule has 0 saturated carbocycles. The van der Waals surface area contributed by atoms with E-state index in [0.717, 1.165) is 25.9 Å². The lowest BCUT2D eigenvalue weighted by Gasteiger charge is -2.23. The van der Waals surface area contributed by atoms with Crippen molar-refractivity contribution < 1.29 is 0 Å². The molecule has 17 heavy (non-hydrogen) atoms. The molecular weight excluding hydrogens is 216 g/mol. The molecule has 0 spiro atoms. The van der Waals surface area contributed by atoms with E-state index in [1.54, 1.807) is 6.07 Å². The highest BCUT2D eigenvalue weighted by Gasteiger charge is 2.18. The van der Waals surface area contributed by atoms with Gasteiger partial charge < -0.3 is 5.32 Å². The third-order valence-corrected chi connectivity index (χ3v) is 3.21. The smallest absolute Gasteiger partial charge is 0.277 e. The number of aromatic nitrogens is 3. The van der Waals surface area contributed by atoms with Crippen molar-refractivity contribution in [1.82, 2.24) is 20.3 Å². The Labute approximate surface area is 98.4 Å². The Morgan fingerprint density at radius 2 is 2.24 bits per heavy atom. The fraction of sp³-hybridized carbons (Fsp3) is 0.417. The van der Waals surface area contributed by atoms with E-state index in [0.29, 0.717) is 10.9 Å². The van der Waals surface area contributed by atoms with E-state index in [2.05, 4.69) is 15.6 Å². The molecule has 0 unspecified atom stereocenters. The molecule has 1 aliphatic rings. The minimum absolute atomic E-state index is 0.0377. The average molecular weight is 230 g/mol. The number of fused-ring (bicyclic) bond motifs is 1. The minimum Gasteiger partial charge on any atom is -0.315 e. The van der Waals surface area contributed by atoms with Crippen LogP contribution in [0.5, 0.6) is 0 Å². The van der Waals surface area contributed by atoms with Crippen molar-refractivity contribution in [1.29, 1.82) is 0 Å². The first kappa shape index (κ1) is 10.4. The van der Waals surface area contributed by atoms with Gasteiger partial charge in [-0.05, 0) is 31.5 Å². The molecule has 5 heteroatoms. The van der Waals surface area contributed by atoms with Crippen LogP contribution >= 0.6 is 0 Å². The number of nitrogens with one attached hydrogen (secondary N) is 1. The highest BCUT2D eigenvalue weighted by molar-refractivity contribution is 5.76. The third-order valence-electron chi connectivity index (χ3n) is 3.21. The zero-order valence-electron chi connectivity index (χ0n) is 9.47. The summed E-state index contributed by atoms with van der Waals surface area (Å²) >= 11 is 0. The van der Waals surface area contributed by atoms with E-state index >= 15 is 0 Å². The van der Waals surface area contributed by atoms with Crippen LogP contribution < -0.4 is 10.9 Å². The van der Waals surface area contributed by atoms with Crippen molar-refractivity contribution in [3.63, 3.8) is 0 Å². The van der Waals surface area contributed by atoms with Crippen molar-refractivity contribution >= 4 is 10.9 Å². The predicted molar refractivity (Wildman–Crippen MR) is 64.9 cm³/mol. The van der Waals surface area contributed by atoms with Gasteiger partial charge in [-0.25, -0.2) is 4.68 Å². The topological polar surface area (TPSA) is 59.8 Å². The van der Waals surface area contributed by atoms with E-state index in [1.807, 2.05) is 18.2 Å². The van der Waals surface area contributed by atoms with Crippen LogP contribution in [0.1, 0.15) is 18.9 Å². The van der Waals surface area contributed by atoms with Crippen molar-refractivity contribution in [2.24, 2.45) is 0 Å². The van der Waals surface area contributed by atoms with Crippen LogP contribution in [0.25, 0.3) is 10.9 Å². The summed E-state index contributed by atoms with van der Waals surface area (Å²) in [5.74, 6) is 0. The Morgan fingerprint density at radius 1 is 1.35 bits per heavy atom. The largest absolute Gasteiger partial charge is 0.315 e. The molecule has 5 nitrogen and oxygen atoms in total. The highest BCUT2D eigenvalue weighted by Crippen LogP contribution is 2.14. The van der Waals surface area contributed by atoms with Gasteiger partial charge in [0, 0.05) is 6.54 Å². The fourth-order valence-electron chi connectivity index (χ4n) is 2.28. The van der Waals surface area contributed by atoms with Crippen molar-refractivity contribution in [2.45, 2.75) is 18.9 Å². The fourth-order valence-corrected chi connectivity index (χ4v) is 2.28.